The molecule has 0 aromatic heterocycles. The smallest absolute Gasteiger partial charge is 0.0673 e. The molecule has 0 aromatic rings. The molecule has 0 aromatic carbocycles. The van der Waals surface area contributed by atoms with Crippen LogP contribution in [-0.4, -0.2) is 51.0 Å². The monoisotopic (exact) mass is 630 g/mol. The second-order valence-electron chi connectivity index (χ2n) is 13.2. The van der Waals surface area contributed by atoms with Crippen LogP contribution in [0.15, 0.2) is 48.6 Å². The maximum atomic E-state index is 6.07. The maximum Gasteiger partial charge on any atom is 0.0673 e. The molecule has 0 aliphatic rings. The first-order chi connectivity index (χ1) is 22.2. The minimum absolute atomic E-state index is 0.292. The Labute approximate surface area is 283 Å². The molecular weight excluding hydrogens is 550 g/mol. The van der Waals surface area contributed by atoms with Gasteiger partial charge in [-0.25, -0.2) is 0 Å². The second-order valence-corrected chi connectivity index (χ2v) is 13.2. The number of nitrogens with zero attached hydrogens (tertiary/aromatic N) is 1. The molecule has 0 spiro atoms. The largest absolute Gasteiger partial charge is 0.380 e. The zero-order chi connectivity index (χ0) is 32.7. The molecule has 45 heavy (non-hydrogen) atoms. The normalized spacial score (nSPS) is 13.2. The third kappa shape index (κ3) is 38.9. The Balaban J connectivity index is 3.36. The SMILES string of the molecule is CCCCC/C=C\C/C=C\CCCCCCCCOCCN(C)C[C@@H](C)OCCCCCCCC/C=C\C/C=C\CCCCC. The zero-order valence-electron chi connectivity index (χ0n) is 31.0. The van der Waals surface area contributed by atoms with Crippen molar-refractivity contribution in [3.05, 3.63) is 48.6 Å². The number of likely N-dealkylation sites (N-methyl/N-ethyl adjacent to an activating group) is 1. The van der Waals surface area contributed by atoms with Crippen LogP contribution in [0.1, 0.15) is 175 Å². The average molecular weight is 630 g/mol. The first-order valence-corrected chi connectivity index (χ1v) is 19.7. The Bertz CT molecular complexity index is 668. The van der Waals surface area contributed by atoms with E-state index in [1.54, 1.807) is 0 Å². The minimum Gasteiger partial charge on any atom is -0.380 e. The fourth-order valence-corrected chi connectivity index (χ4v) is 5.47. The summed E-state index contributed by atoms with van der Waals surface area (Å²) in [6.45, 7) is 11.3. The topological polar surface area (TPSA) is 21.7 Å². The van der Waals surface area contributed by atoms with Crippen molar-refractivity contribution in [2.75, 3.05) is 40.0 Å². The van der Waals surface area contributed by atoms with Crippen molar-refractivity contribution in [2.24, 2.45) is 0 Å². The summed E-state index contributed by atoms with van der Waals surface area (Å²) in [6.07, 6.45) is 50.0. The predicted octanol–water partition coefficient (Wildman–Crippen LogP) is 13.0. The van der Waals surface area contributed by atoms with Crippen molar-refractivity contribution in [3.63, 3.8) is 0 Å². The summed E-state index contributed by atoms with van der Waals surface area (Å²) in [5.74, 6) is 0. The molecule has 0 radical (unpaired) electrons. The summed E-state index contributed by atoms with van der Waals surface area (Å²) < 4.78 is 12.0. The van der Waals surface area contributed by atoms with E-state index in [2.05, 4.69) is 81.3 Å². The lowest BCUT2D eigenvalue weighted by molar-refractivity contribution is 0.0325. The molecule has 0 aliphatic heterocycles. The van der Waals surface area contributed by atoms with Gasteiger partial charge in [-0.2, -0.15) is 0 Å². The van der Waals surface area contributed by atoms with E-state index in [1.165, 1.54) is 141 Å². The van der Waals surface area contributed by atoms with E-state index in [4.69, 9.17) is 9.47 Å². The van der Waals surface area contributed by atoms with Crippen molar-refractivity contribution in [1.29, 1.82) is 0 Å². The van der Waals surface area contributed by atoms with Crippen LogP contribution in [0.5, 0.6) is 0 Å². The molecule has 0 heterocycles. The van der Waals surface area contributed by atoms with E-state index in [0.717, 1.165) is 45.8 Å². The van der Waals surface area contributed by atoms with Gasteiger partial charge in [0, 0.05) is 26.3 Å². The van der Waals surface area contributed by atoms with E-state index in [9.17, 15) is 0 Å². The van der Waals surface area contributed by atoms with Crippen LogP contribution in [0.25, 0.3) is 0 Å². The van der Waals surface area contributed by atoms with Gasteiger partial charge in [0.15, 0.2) is 0 Å². The van der Waals surface area contributed by atoms with Crippen LogP contribution >= 0.6 is 0 Å². The Morgan fingerprint density at radius 2 is 0.867 bits per heavy atom. The highest BCUT2D eigenvalue weighted by Gasteiger charge is 2.06. The predicted molar refractivity (Wildman–Crippen MR) is 202 cm³/mol. The van der Waals surface area contributed by atoms with Gasteiger partial charge in [-0.3, -0.25) is 0 Å². The Morgan fingerprint density at radius 1 is 0.467 bits per heavy atom. The molecule has 0 rings (SSSR count). The van der Waals surface area contributed by atoms with Crippen molar-refractivity contribution in [1.82, 2.24) is 4.90 Å². The lowest BCUT2D eigenvalue weighted by Gasteiger charge is -2.21. The number of rotatable bonds is 36. The highest BCUT2D eigenvalue weighted by atomic mass is 16.5. The summed E-state index contributed by atoms with van der Waals surface area (Å²) in [7, 11) is 2.18. The van der Waals surface area contributed by atoms with Crippen LogP contribution in [-0.2, 0) is 9.47 Å². The van der Waals surface area contributed by atoms with Crippen molar-refractivity contribution >= 4 is 0 Å². The molecule has 3 nitrogen and oxygen atoms in total. The van der Waals surface area contributed by atoms with Crippen LogP contribution in [0.3, 0.4) is 0 Å². The number of unbranched alkanes of at least 4 members (excludes halogenated alkanes) is 18. The van der Waals surface area contributed by atoms with Gasteiger partial charge in [-0.15, -0.1) is 0 Å². The highest BCUT2D eigenvalue weighted by Crippen LogP contribution is 2.10. The fraction of sp³-hybridized carbons (Fsp3) is 0.810. The van der Waals surface area contributed by atoms with Crippen LogP contribution in [0, 0.1) is 0 Å². The maximum absolute atomic E-state index is 6.07. The molecule has 264 valence electrons. The lowest BCUT2D eigenvalue weighted by Crippen LogP contribution is -2.32. The van der Waals surface area contributed by atoms with Crippen molar-refractivity contribution < 1.29 is 9.47 Å². The Morgan fingerprint density at radius 3 is 1.33 bits per heavy atom. The zero-order valence-corrected chi connectivity index (χ0v) is 31.0. The van der Waals surface area contributed by atoms with Gasteiger partial charge in [0.2, 0.25) is 0 Å². The van der Waals surface area contributed by atoms with E-state index in [-0.39, 0.29) is 0 Å². The quantitative estimate of drug-likeness (QED) is 0.0508. The van der Waals surface area contributed by atoms with Gasteiger partial charge in [0.1, 0.15) is 0 Å². The Kier molecular flexibility index (Phi) is 38.0. The summed E-state index contributed by atoms with van der Waals surface area (Å²) in [6, 6.07) is 0. The summed E-state index contributed by atoms with van der Waals surface area (Å²) in [4.78, 5) is 2.35. The van der Waals surface area contributed by atoms with E-state index in [1.807, 2.05) is 0 Å². The summed E-state index contributed by atoms with van der Waals surface area (Å²) in [5.41, 5.74) is 0. The number of hydrogen-bond donors (Lipinski definition) is 0. The average Bonchev–Trinajstić information content (AvgIpc) is 3.03. The number of ether oxygens (including phenoxy) is 2. The molecule has 1 atom stereocenters. The second kappa shape index (κ2) is 39.0. The molecule has 0 bridgehead atoms. The highest BCUT2D eigenvalue weighted by molar-refractivity contribution is 4.93. The van der Waals surface area contributed by atoms with Crippen molar-refractivity contribution in [3.8, 4) is 0 Å². The van der Waals surface area contributed by atoms with E-state index < -0.39 is 0 Å². The molecule has 0 amide bonds. The van der Waals surface area contributed by atoms with E-state index >= 15 is 0 Å². The van der Waals surface area contributed by atoms with Crippen LogP contribution in [0.2, 0.25) is 0 Å². The standard InChI is InChI=1S/C42H79NO2/c1-5-7-9-11-13-15-17-19-21-23-25-27-29-31-33-35-38-44-40-37-43(4)41-42(3)45-39-36-34-32-30-28-26-24-22-20-18-16-14-12-10-8-6-2/h13-16,19-22,42H,5-12,17-18,23-41H2,1-4H3/b15-13-,16-14-,21-19-,22-20-/t42-/m1/s1. The minimum atomic E-state index is 0.292. The summed E-state index contributed by atoms with van der Waals surface area (Å²) in [5, 5.41) is 0. The van der Waals surface area contributed by atoms with Gasteiger partial charge >= 0.3 is 0 Å². The molecule has 0 N–H and O–H groups in total. The Hall–Kier alpha value is -1.16. The molecule has 0 aliphatic carbocycles. The van der Waals surface area contributed by atoms with Crippen LogP contribution < -0.4 is 0 Å². The molecular formula is C42H79NO2. The van der Waals surface area contributed by atoms with Gasteiger partial charge in [0.25, 0.3) is 0 Å². The summed E-state index contributed by atoms with van der Waals surface area (Å²) >= 11 is 0. The first-order valence-electron chi connectivity index (χ1n) is 19.7. The van der Waals surface area contributed by atoms with Crippen molar-refractivity contribution in [2.45, 2.75) is 181 Å². The third-order valence-corrected chi connectivity index (χ3v) is 8.42. The lowest BCUT2D eigenvalue weighted by atomic mass is 10.1. The van der Waals surface area contributed by atoms with Gasteiger partial charge in [0.05, 0.1) is 12.7 Å². The number of hydrogen-bond acceptors (Lipinski definition) is 3. The molecule has 3 heteroatoms. The first kappa shape index (κ1) is 43.8. The van der Waals surface area contributed by atoms with Gasteiger partial charge in [-0.1, -0.05) is 140 Å². The molecule has 0 unspecified atom stereocenters. The fourth-order valence-electron chi connectivity index (χ4n) is 5.47. The van der Waals surface area contributed by atoms with Gasteiger partial charge in [-0.05, 0) is 91.0 Å². The molecule has 0 fully saturated rings. The number of allylic oxidation sites excluding steroid dienone is 8. The van der Waals surface area contributed by atoms with E-state index in [0.29, 0.717) is 6.10 Å². The molecule has 0 saturated heterocycles. The third-order valence-electron chi connectivity index (χ3n) is 8.42. The van der Waals surface area contributed by atoms with Gasteiger partial charge < -0.3 is 14.4 Å². The molecule has 0 saturated carbocycles. The van der Waals surface area contributed by atoms with Crippen LogP contribution in [0.4, 0.5) is 0 Å².